The Labute approximate surface area is 135 Å². The molecule has 1 heterocycles. The van der Waals surface area contributed by atoms with Gasteiger partial charge in [-0.15, -0.1) is 0 Å². The zero-order chi connectivity index (χ0) is 16.1. The van der Waals surface area contributed by atoms with Gasteiger partial charge in [0.25, 0.3) is 0 Å². The Morgan fingerprint density at radius 2 is 2.26 bits per heavy atom. The van der Waals surface area contributed by atoms with Crippen molar-refractivity contribution >= 4 is 5.91 Å². The molecule has 3 aliphatic carbocycles. The minimum absolute atomic E-state index is 0.288. The highest BCUT2D eigenvalue weighted by Crippen LogP contribution is 2.73. The molecule has 1 aromatic rings. The summed E-state index contributed by atoms with van der Waals surface area (Å²) in [6.07, 6.45) is 6.73. The van der Waals surface area contributed by atoms with Gasteiger partial charge in [0.2, 0.25) is 0 Å². The van der Waals surface area contributed by atoms with Crippen LogP contribution in [0.1, 0.15) is 50.5 Å². The molecular weight excluding hydrogens is 292 g/mol. The number of rotatable bonds is 3. The van der Waals surface area contributed by atoms with Crippen LogP contribution in [0, 0.1) is 29.1 Å². The minimum atomic E-state index is -0.744. The average Bonchev–Trinajstić information content (AvgIpc) is 2.87. The van der Waals surface area contributed by atoms with Crippen LogP contribution in [0.15, 0.2) is 16.5 Å². The number of hydroxylamine groups is 1. The van der Waals surface area contributed by atoms with Crippen molar-refractivity contribution in [3.05, 3.63) is 23.7 Å². The van der Waals surface area contributed by atoms with E-state index in [-0.39, 0.29) is 5.54 Å². The monoisotopic (exact) mass is 314 g/mol. The first-order valence-electron chi connectivity index (χ1n) is 8.32. The van der Waals surface area contributed by atoms with Crippen molar-refractivity contribution in [1.82, 2.24) is 10.8 Å². The first-order chi connectivity index (χ1) is 11.0. The van der Waals surface area contributed by atoms with Crippen LogP contribution in [-0.4, -0.2) is 16.7 Å². The summed E-state index contributed by atoms with van der Waals surface area (Å²) < 4.78 is 5.64. The molecule has 1 aromatic heterocycles. The Kier molecular flexibility index (Phi) is 3.29. The van der Waals surface area contributed by atoms with Crippen LogP contribution in [0.4, 0.5) is 0 Å². The molecule has 2 bridgehead atoms. The number of carbonyl (C=O) groups excluding carboxylic acids is 1. The van der Waals surface area contributed by atoms with Crippen LogP contribution >= 0.6 is 0 Å². The van der Waals surface area contributed by atoms with Crippen LogP contribution in [-0.2, 0) is 11.3 Å². The van der Waals surface area contributed by atoms with Gasteiger partial charge in [-0.05, 0) is 67.4 Å². The van der Waals surface area contributed by atoms with Crippen LogP contribution in [0.3, 0.4) is 0 Å². The number of hydrogen-bond donors (Lipinski definition) is 3. The smallest absolute Gasteiger partial charge is 0.319 e. The van der Waals surface area contributed by atoms with Gasteiger partial charge in [0.1, 0.15) is 5.76 Å². The standard InChI is InChI=1S/C18H22N2O3/c1-12-6-17-8-13(17)9-18(7-12,11-17)19-10-15-3-2-14(23-15)4-5-16(21)20-22/h2-3,12-13,19,22H,6-11H2,1H3,(H,20,21). The first-order valence-corrected chi connectivity index (χ1v) is 8.32. The number of amides is 1. The van der Waals surface area contributed by atoms with Crippen molar-refractivity contribution in [2.45, 2.75) is 51.1 Å². The summed E-state index contributed by atoms with van der Waals surface area (Å²) in [5.41, 5.74) is 2.42. The van der Waals surface area contributed by atoms with Crippen molar-refractivity contribution in [3.8, 4) is 11.8 Å². The predicted molar refractivity (Wildman–Crippen MR) is 83.3 cm³/mol. The van der Waals surface area contributed by atoms with Gasteiger partial charge < -0.3 is 9.73 Å². The van der Waals surface area contributed by atoms with E-state index in [9.17, 15) is 4.79 Å². The van der Waals surface area contributed by atoms with E-state index in [0.717, 1.165) is 17.6 Å². The molecule has 0 aromatic carbocycles. The highest BCUT2D eigenvalue weighted by atomic mass is 16.5. The van der Waals surface area contributed by atoms with Crippen molar-refractivity contribution in [1.29, 1.82) is 0 Å². The predicted octanol–water partition coefficient (Wildman–Crippen LogP) is 2.19. The molecule has 3 fully saturated rings. The van der Waals surface area contributed by atoms with E-state index >= 15 is 0 Å². The molecule has 3 saturated carbocycles. The molecule has 0 radical (unpaired) electrons. The number of carbonyl (C=O) groups is 1. The summed E-state index contributed by atoms with van der Waals surface area (Å²) >= 11 is 0. The van der Waals surface area contributed by atoms with Gasteiger partial charge in [0, 0.05) is 11.5 Å². The molecule has 3 aliphatic rings. The largest absolute Gasteiger partial charge is 0.451 e. The number of nitrogens with one attached hydrogen (secondary N) is 2. The summed E-state index contributed by atoms with van der Waals surface area (Å²) in [7, 11) is 0. The van der Waals surface area contributed by atoms with Gasteiger partial charge >= 0.3 is 5.91 Å². The maximum absolute atomic E-state index is 10.9. The summed E-state index contributed by atoms with van der Waals surface area (Å²) in [5, 5.41) is 12.2. The lowest BCUT2D eigenvalue weighted by molar-refractivity contribution is -0.123. The van der Waals surface area contributed by atoms with Crippen LogP contribution in [0.25, 0.3) is 0 Å². The fraction of sp³-hybridized carbons (Fsp3) is 0.611. The molecule has 1 amide bonds. The van der Waals surface area contributed by atoms with E-state index < -0.39 is 5.91 Å². The summed E-state index contributed by atoms with van der Waals surface area (Å²) in [6, 6.07) is 3.64. The van der Waals surface area contributed by atoms with Gasteiger partial charge in [-0.3, -0.25) is 10.0 Å². The second kappa shape index (κ2) is 5.12. The molecule has 0 saturated heterocycles. The lowest BCUT2D eigenvalue weighted by atomic mass is 9.72. The third kappa shape index (κ3) is 2.66. The average molecular weight is 314 g/mol. The number of furan rings is 1. The van der Waals surface area contributed by atoms with Gasteiger partial charge in [0.15, 0.2) is 5.76 Å². The van der Waals surface area contributed by atoms with Crippen LogP contribution < -0.4 is 10.8 Å². The Hall–Kier alpha value is -1.77. The normalized spacial score (nSPS) is 36.8. The van der Waals surface area contributed by atoms with Crippen LogP contribution in [0.5, 0.6) is 0 Å². The molecule has 0 aliphatic heterocycles. The molecule has 122 valence electrons. The highest BCUT2D eigenvalue weighted by molar-refractivity contribution is 5.92. The molecule has 23 heavy (non-hydrogen) atoms. The molecule has 4 rings (SSSR count). The summed E-state index contributed by atoms with van der Waals surface area (Å²) in [4.78, 5) is 10.9. The highest BCUT2D eigenvalue weighted by Gasteiger charge is 2.67. The third-order valence-corrected chi connectivity index (χ3v) is 5.88. The van der Waals surface area contributed by atoms with E-state index in [2.05, 4.69) is 24.1 Å². The van der Waals surface area contributed by atoms with Crippen molar-refractivity contribution in [2.75, 3.05) is 0 Å². The minimum Gasteiger partial charge on any atom is -0.451 e. The van der Waals surface area contributed by atoms with Crippen LogP contribution in [0.2, 0.25) is 0 Å². The van der Waals surface area contributed by atoms with Crippen molar-refractivity contribution < 1.29 is 14.4 Å². The summed E-state index contributed by atoms with van der Waals surface area (Å²) in [5.74, 6) is 7.10. The lowest BCUT2D eigenvalue weighted by Crippen LogP contribution is -2.47. The Balaban J connectivity index is 1.39. The van der Waals surface area contributed by atoms with Gasteiger partial charge in [0.05, 0.1) is 6.54 Å². The maximum atomic E-state index is 10.9. The van der Waals surface area contributed by atoms with Gasteiger partial charge in [-0.2, -0.15) is 0 Å². The SMILES string of the molecule is CC1CC2(NCc3ccc(C#CC(=O)NO)o3)CC3CC3(C1)C2. The van der Waals surface area contributed by atoms with E-state index in [1.807, 2.05) is 6.07 Å². The Bertz CT molecular complexity index is 697. The van der Waals surface area contributed by atoms with Crippen molar-refractivity contribution in [2.24, 2.45) is 17.3 Å². The molecule has 4 unspecified atom stereocenters. The second-order valence-electron chi connectivity index (χ2n) is 7.75. The molecule has 5 nitrogen and oxygen atoms in total. The van der Waals surface area contributed by atoms with E-state index in [0.29, 0.717) is 17.7 Å². The molecular formula is C18H22N2O3. The Morgan fingerprint density at radius 3 is 3.09 bits per heavy atom. The van der Waals surface area contributed by atoms with Crippen molar-refractivity contribution in [3.63, 3.8) is 0 Å². The fourth-order valence-corrected chi connectivity index (χ4v) is 5.23. The van der Waals surface area contributed by atoms with E-state index in [1.54, 1.807) is 6.07 Å². The van der Waals surface area contributed by atoms with Gasteiger partial charge in [-0.25, -0.2) is 5.48 Å². The molecule has 4 atom stereocenters. The maximum Gasteiger partial charge on any atom is 0.319 e. The van der Waals surface area contributed by atoms with E-state index in [1.165, 1.54) is 37.6 Å². The van der Waals surface area contributed by atoms with Gasteiger partial charge in [-0.1, -0.05) is 6.92 Å². The van der Waals surface area contributed by atoms with E-state index in [4.69, 9.17) is 9.62 Å². The molecule has 1 spiro atoms. The number of hydrogen-bond acceptors (Lipinski definition) is 4. The topological polar surface area (TPSA) is 74.5 Å². The first kappa shape index (κ1) is 14.8. The second-order valence-corrected chi connectivity index (χ2v) is 7.75. The quantitative estimate of drug-likeness (QED) is 0.454. The zero-order valence-electron chi connectivity index (χ0n) is 13.3. The number of fused-ring (bicyclic) bond motifs is 1. The summed E-state index contributed by atoms with van der Waals surface area (Å²) in [6.45, 7) is 3.08. The lowest BCUT2D eigenvalue weighted by Gasteiger charge is -2.40. The third-order valence-electron chi connectivity index (χ3n) is 5.88. The zero-order valence-corrected chi connectivity index (χ0v) is 13.3. The fourth-order valence-electron chi connectivity index (χ4n) is 5.23. The Morgan fingerprint density at radius 1 is 1.39 bits per heavy atom. The molecule has 5 heteroatoms. The molecule has 3 N–H and O–H groups in total.